The number of hydrogen-bond acceptors (Lipinski definition) is 5. The van der Waals surface area contributed by atoms with Crippen LogP contribution in [0, 0.1) is 11.3 Å². The lowest BCUT2D eigenvalue weighted by Gasteiger charge is -2.42. The molecule has 1 fully saturated rings. The molecule has 1 aromatic heterocycles. The summed E-state index contributed by atoms with van der Waals surface area (Å²) in [6.07, 6.45) is 2.33. The van der Waals surface area contributed by atoms with Crippen LogP contribution in [0.5, 0.6) is 0 Å². The molecule has 0 amide bonds. The van der Waals surface area contributed by atoms with E-state index < -0.39 is 8.32 Å². The molecule has 2 aromatic rings. The molecule has 3 rings (SSSR count). The van der Waals surface area contributed by atoms with Gasteiger partial charge in [0.2, 0.25) is 0 Å². The van der Waals surface area contributed by atoms with Crippen LogP contribution in [0.1, 0.15) is 39.3 Å². The number of anilines is 1. The van der Waals surface area contributed by atoms with Crippen LogP contribution in [0.2, 0.25) is 18.1 Å². The third-order valence-electron chi connectivity index (χ3n) is 5.78. The summed E-state index contributed by atoms with van der Waals surface area (Å²) >= 11 is 0. The molecule has 5 nitrogen and oxygen atoms in total. The first-order valence-corrected chi connectivity index (χ1v) is 12.2. The van der Waals surface area contributed by atoms with Crippen LogP contribution in [0.4, 0.5) is 5.82 Å². The van der Waals surface area contributed by atoms with Crippen molar-refractivity contribution >= 4 is 24.9 Å². The SMILES string of the molecule is CC(C)(C)[Si](C)(C)OC1CCN(c2nnc(C#N)c3ccccc23)CC1. The summed E-state index contributed by atoms with van der Waals surface area (Å²) in [7, 11) is -1.73. The third kappa shape index (κ3) is 3.60. The normalized spacial score (nSPS) is 16.7. The first kappa shape index (κ1) is 18.8. The minimum absolute atomic E-state index is 0.235. The second-order valence-electron chi connectivity index (χ2n) is 8.59. The van der Waals surface area contributed by atoms with Crippen molar-refractivity contribution in [3.8, 4) is 6.07 Å². The molecule has 138 valence electrons. The van der Waals surface area contributed by atoms with Crippen LogP contribution in [0.3, 0.4) is 0 Å². The fraction of sp³-hybridized carbons (Fsp3) is 0.550. The van der Waals surface area contributed by atoms with Crippen LogP contribution < -0.4 is 4.90 Å². The Morgan fingerprint density at radius 2 is 1.73 bits per heavy atom. The zero-order chi connectivity index (χ0) is 18.9. The number of nitrogens with zero attached hydrogens (tertiary/aromatic N) is 4. The maximum absolute atomic E-state index is 9.27. The van der Waals surface area contributed by atoms with Crippen molar-refractivity contribution < 1.29 is 4.43 Å². The Bertz CT molecular complexity index is 830. The number of aromatic nitrogens is 2. The molecule has 0 saturated carbocycles. The van der Waals surface area contributed by atoms with E-state index in [1.54, 1.807) is 0 Å². The molecular weight excluding hydrogens is 340 g/mol. The molecule has 1 saturated heterocycles. The van der Waals surface area contributed by atoms with E-state index in [4.69, 9.17) is 4.43 Å². The monoisotopic (exact) mass is 368 g/mol. The summed E-state index contributed by atoms with van der Waals surface area (Å²) < 4.78 is 6.58. The second-order valence-corrected chi connectivity index (χ2v) is 13.4. The van der Waals surface area contributed by atoms with Crippen LogP contribution >= 0.6 is 0 Å². The summed E-state index contributed by atoms with van der Waals surface area (Å²) in [5.41, 5.74) is 0.389. The standard InChI is InChI=1S/C20H28N4OSi/c1-20(2,3)26(4,5)25-15-10-12-24(13-11-15)19-17-9-7-6-8-16(17)18(14-21)22-23-19/h6-9,15H,10-13H2,1-5H3. The van der Waals surface area contributed by atoms with Gasteiger partial charge in [-0.25, -0.2) is 0 Å². The van der Waals surface area contributed by atoms with Crippen molar-refractivity contribution in [2.24, 2.45) is 0 Å². The van der Waals surface area contributed by atoms with Gasteiger partial charge >= 0.3 is 0 Å². The molecule has 0 N–H and O–H groups in total. The predicted octanol–water partition coefficient (Wildman–Crippen LogP) is 4.49. The van der Waals surface area contributed by atoms with Crippen molar-refractivity contribution in [3.05, 3.63) is 30.0 Å². The molecule has 0 radical (unpaired) electrons. The van der Waals surface area contributed by atoms with Crippen molar-refractivity contribution in [1.29, 1.82) is 5.26 Å². The van der Waals surface area contributed by atoms with Gasteiger partial charge in [0.05, 0.1) is 0 Å². The first-order chi connectivity index (χ1) is 12.2. The Morgan fingerprint density at radius 3 is 2.31 bits per heavy atom. The number of piperidine rings is 1. The van der Waals surface area contributed by atoms with Crippen LogP contribution in [-0.2, 0) is 4.43 Å². The molecule has 1 aliphatic rings. The van der Waals surface area contributed by atoms with Crippen LogP contribution in [-0.4, -0.2) is 37.7 Å². The highest BCUT2D eigenvalue weighted by Gasteiger charge is 2.39. The molecule has 26 heavy (non-hydrogen) atoms. The zero-order valence-electron chi connectivity index (χ0n) is 16.4. The highest BCUT2D eigenvalue weighted by atomic mass is 28.4. The molecule has 1 aromatic carbocycles. The average Bonchev–Trinajstić information content (AvgIpc) is 2.60. The van der Waals surface area contributed by atoms with Crippen molar-refractivity contribution in [1.82, 2.24) is 10.2 Å². The van der Waals surface area contributed by atoms with Gasteiger partial charge in [-0.2, -0.15) is 5.26 Å². The summed E-state index contributed by atoms with van der Waals surface area (Å²) in [5.74, 6) is 0.880. The number of fused-ring (bicyclic) bond motifs is 1. The second kappa shape index (κ2) is 6.97. The molecule has 0 atom stereocenters. The van der Waals surface area contributed by atoms with Crippen molar-refractivity contribution in [2.75, 3.05) is 18.0 Å². The van der Waals surface area contributed by atoms with E-state index in [2.05, 4.69) is 55.0 Å². The van der Waals surface area contributed by atoms with E-state index in [1.165, 1.54) is 0 Å². The Labute approximate surface area is 157 Å². The van der Waals surface area contributed by atoms with Gasteiger partial charge in [-0.15, -0.1) is 10.2 Å². The van der Waals surface area contributed by atoms with Gasteiger partial charge in [0.15, 0.2) is 19.8 Å². The van der Waals surface area contributed by atoms with Crippen molar-refractivity contribution in [2.45, 2.75) is 57.8 Å². The van der Waals surface area contributed by atoms with E-state index in [0.29, 0.717) is 11.8 Å². The minimum atomic E-state index is -1.73. The fourth-order valence-electron chi connectivity index (χ4n) is 3.18. The maximum atomic E-state index is 9.27. The van der Waals surface area contributed by atoms with Gasteiger partial charge in [-0.1, -0.05) is 45.0 Å². The Morgan fingerprint density at radius 1 is 1.12 bits per heavy atom. The van der Waals surface area contributed by atoms with Gasteiger partial charge in [0, 0.05) is 30.0 Å². The minimum Gasteiger partial charge on any atom is -0.414 e. The number of nitriles is 1. The average molecular weight is 369 g/mol. The number of benzene rings is 1. The summed E-state index contributed by atoms with van der Waals surface area (Å²) in [6, 6.07) is 10.0. The zero-order valence-corrected chi connectivity index (χ0v) is 17.4. The van der Waals surface area contributed by atoms with E-state index in [9.17, 15) is 5.26 Å². The topological polar surface area (TPSA) is 62.0 Å². The Balaban J connectivity index is 1.75. The van der Waals surface area contributed by atoms with Gasteiger partial charge in [0.1, 0.15) is 6.07 Å². The Hall–Kier alpha value is -1.97. The predicted molar refractivity (Wildman–Crippen MR) is 108 cm³/mol. The van der Waals surface area contributed by atoms with Gasteiger partial charge in [-0.3, -0.25) is 0 Å². The number of hydrogen-bond donors (Lipinski definition) is 0. The number of rotatable bonds is 3. The van der Waals surface area contributed by atoms with E-state index >= 15 is 0 Å². The molecular formula is C20H28N4OSi. The first-order valence-electron chi connectivity index (χ1n) is 9.31. The molecule has 2 heterocycles. The quantitative estimate of drug-likeness (QED) is 0.747. The van der Waals surface area contributed by atoms with E-state index in [0.717, 1.165) is 42.5 Å². The van der Waals surface area contributed by atoms with Gasteiger partial charge in [-0.05, 0) is 31.0 Å². The third-order valence-corrected chi connectivity index (χ3v) is 10.3. The largest absolute Gasteiger partial charge is 0.414 e. The smallest absolute Gasteiger partial charge is 0.192 e. The summed E-state index contributed by atoms with van der Waals surface area (Å²) in [4.78, 5) is 2.28. The molecule has 1 aliphatic heterocycles. The highest BCUT2D eigenvalue weighted by molar-refractivity contribution is 6.74. The van der Waals surface area contributed by atoms with Crippen LogP contribution in [0.25, 0.3) is 10.8 Å². The van der Waals surface area contributed by atoms with E-state index in [-0.39, 0.29) is 5.04 Å². The lowest BCUT2D eigenvalue weighted by molar-refractivity contribution is 0.152. The summed E-state index contributed by atoms with van der Waals surface area (Å²) in [6.45, 7) is 13.3. The molecule has 6 heteroatoms. The Kier molecular flexibility index (Phi) is 5.04. The van der Waals surface area contributed by atoms with Crippen molar-refractivity contribution in [3.63, 3.8) is 0 Å². The van der Waals surface area contributed by atoms with Gasteiger partial charge in [0.25, 0.3) is 0 Å². The molecule has 0 aliphatic carbocycles. The molecule has 0 spiro atoms. The molecule has 0 bridgehead atoms. The summed E-state index contributed by atoms with van der Waals surface area (Å²) in [5, 5.41) is 19.9. The maximum Gasteiger partial charge on any atom is 0.192 e. The van der Waals surface area contributed by atoms with Crippen LogP contribution in [0.15, 0.2) is 24.3 Å². The highest BCUT2D eigenvalue weighted by Crippen LogP contribution is 2.38. The van der Waals surface area contributed by atoms with Gasteiger partial charge < -0.3 is 9.33 Å². The lowest BCUT2D eigenvalue weighted by atomic mass is 10.1. The van der Waals surface area contributed by atoms with E-state index in [1.807, 2.05) is 24.3 Å². The lowest BCUT2D eigenvalue weighted by Crippen LogP contribution is -2.47. The fourth-order valence-corrected chi connectivity index (χ4v) is 4.61. The molecule has 0 unspecified atom stereocenters.